The van der Waals surface area contributed by atoms with Gasteiger partial charge in [0.05, 0.1) is 4.91 Å². The molecule has 0 saturated carbocycles. The van der Waals surface area contributed by atoms with Crippen LogP contribution in [0, 0.1) is 0 Å². The molecule has 0 spiro atoms. The molecule has 0 aliphatic carbocycles. The van der Waals surface area contributed by atoms with Gasteiger partial charge in [-0.25, -0.2) is 0 Å². The van der Waals surface area contributed by atoms with Gasteiger partial charge in [-0.2, -0.15) is 0 Å². The van der Waals surface area contributed by atoms with Crippen molar-refractivity contribution in [1.82, 2.24) is 5.32 Å². The summed E-state index contributed by atoms with van der Waals surface area (Å²) in [6.07, 6.45) is 1.77. The smallest absolute Gasteiger partial charge is 0.289 e. The molecule has 0 bridgehead atoms. The second-order valence-electron chi connectivity index (χ2n) is 2.95. The van der Waals surface area contributed by atoms with Crippen molar-refractivity contribution in [3.63, 3.8) is 0 Å². The minimum atomic E-state index is -0.161. The first-order valence-electron chi connectivity index (χ1n) is 4.19. The molecule has 1 heterocycles. The van der Waals surface area contributed by atoms with E-state index in [4.69, 9.17) is 12.2 Å². The van der Waals surface area contributed by atoms with Crippen LogP contribution in [0.2, 0.25) is 0 Å². The molecule has 5 heteroatoms. The fourth-order valence-corrected chi connectivity index (χ4v) is 2.22. The van der Waals surface area contributed by atoms with E-state index >= 15 is 0 Å². The summed E-state index contributed by atoms with van der Waals surface area (Å²) in [6.45, 7) is 0. The third-order valence-corrected chi connectivity index (χ3v) is 3.09. The van der Waals surface area contributed by atoms with Gasteiger partial charge in [-0.1, -0.05) is 24.4 Å². The third kappa shape index (κ3) is 2.37. The van der Waals surface area contributed by atoms with Crippen LogP contribution in [0.25, 0.3) is 6.08 Å². The first kappa shape index (κ1) is 10.2. The molecule has 1 amide bonds. The first-order chi connectivity index (χ1) is 7.15. The summed E-state index contributed by atoms with van der Waals surface area (Å²) in [4.78, 5) is 12.1. The largest absolute Gasteiger partial charge is 0.508 e. The number of benzene rings is 1. The molecule has 2 N–H and O–H groups in total. The van der Waals surface area contributed by atoms with Gasteiger partial charge in [0.25, 0.3) is 5.24 Å². The number of rotatable bonds is 1. The summed E-state index contributed by atoms with van der Waals surface area (Å²) >= 11 is 6.03. The van der Waals surface area contributed by atoms with Crippen molar-refractivity contribution in [2.75, 3.05) is 0 Å². The highest BCUT2D eigenvalue weighted by molar-refractivity contribution is 8.19. The molecule has 0 atom stereocenters. The van der Waals surface area contributed by atoms with Gasteiger partial charge >= 0.3 is 0 Å². The van der Waals surface area contributed by atoms with E-state index in [1.54, 1.807) is 24.3 Å². The summed E-state index contributed by atoms with van der Waals surface area (Å²) in [5.41, 5.74) is 0.816. The Morgan fingerprint density at radius 1 is 1.47 bits per heavy atom. The zero-order valence-corrected chi connectivity index (χ0v) is 9.19. The van der Waals surface area contributed by atoms with E-state index in [2.05, 4.69) is 5.32 Å². The third-order valence-electron chi connectivity index (χ3n) is 1.81. The second-order valence-corrected chi connectivity index (χ2v) is 4.37. The van der Waals surface area contributed by atoms with Crippen LogP contribution < -0.4 is 5.32 Å². The van der Waals surface area contributed by atoms with E-state index in [-0.39, 0.29) is 11.0 Å². The summed E-state index contributed by atoms with van der Waals surface area (Å²) in [7, 11) is 0. The quantitative estimate of drug-likeness (QED) is 0.582. The van der Waals surface area contributed by atoms with E-state index in [9.17, 15) is 9.90 Å². The molecule has 1 aromatic rings. The highest BCUT2D eigenvalue weighted by atomic mass is 32.2. The molecule has 0 radical (unpaired) electrons. The molecule has 1 aliphatic heterocycles. The molecule has 1 aromatic carbocycles. The number of aromatic hydroxyl groups is 1. The van der Waals surface area contributed by atoms with Crippen LogP contribution in [0.5, 0.6) is 5.75 Å². The lowest BCUT2D eigenvalue weighted by Crippen LogP contribution is -2.15. The number of phenols is 1. The molecule has 0 unspecified atom stereocenters. The number of amides is 1. The van der Waals surface area contributed by atoms with Crippen LogP contribution >= 0.6 is 24.0 Å². The topological polar surface area (TPSA) is 49.3 Å². The van der Waals surface area contributed by atoms with Crippen LogP contribution in [0.4, 0.5) is 4.79 Å². The van der Waals surface area contributed by atoms with E-state index < -0.39 is 0 Å². The van der Waals surface area contributed by atoms with E-state index in [0.717, 1.165) is 17.3 Å². The zero-order valence-electron chi connectivity index (χ0n) is 7.56. The number of hydrogen-bond acceptors (Lipinski definition) is 4. The van der Waals surface area contributed by atoms with Gasteiger partial charge in [0.15, 0.2) is 0 Å². The highest BCUT2D eigenvalue weighted by Gasteiger charge is 2.21. The molecule has 1 aliphatic rings. The Hall–Kier alpha value is -1.33. The average Bonchev–Trinajstić information content (AvgIpc) is 2.45. The van der Waals surface area contributed by atoms with Gasteiger partial charge in [-0.15, -0.1) is 0 Å². The number of nitrogens with one attached hydrogen (secondary N) is 1. The number of carbonyl (C=O) groups excluding carboxylic acids is 1. The Balaban J connectivity index is 2.31. The van der Waals surface area contributed by atoms with E-state index in [1.807, 2.05) is 6.07 Å². The van der Waals surface area contributed by atoms with Crippen molar-refractivity contribution in [2.45, 2.75) is 0 Å². The van der Waals surface area contributed by atoms with Gasteiger partial charge in [-0.05, 0) is 35.5 Å². The fourth-order valence-electron chi connectivity index (χ4n) is 1.19. The number of thiocarbonyl (C=S) groups is 1. The number of hydrogen-bond donors (Lipinski definition) is 2. The lowest BCUT2D eigenvalue weighted by Gasteiger charge is -1.96. The molecular formula is C10H7NO2S2. The number of thioether (sulfide) groups is 1. The SMILES string of the molecule is O=C1NC(=S)/C(=C/c2cccc(O)c2)S1. The molecule has 1 saturated heterocycles. The highest BCUT2D eigenvalue weighted by Crippen LogP contribution is 2.27. The van der Waals surface area contributed by atoms with Crippen LogP contribution in [-0.2, 0) is 0 Å². The fraction of sp³-hybridized carbons (Fsp3) is 0. The number of phenolic OH excluding ortho intramolecular Hbond substituents is 1. The van der Waals surface area contributed by atoms with E-state index in [0.29, 0.717) is 9.89 Å². The van der Waals surface area contributed by atoms with Crippen LogP contribution in [-0.4, -0.2) is 15.3 Å². The van der Waals surface area contributed by atoms with Gasteiger partial charge < -0.3 is 10.4 Å². The Morgan fingerprint density at radius 3 is 2.87 bits per heavy atom. The Morgan fingerprint density at radius 2 is 2.27 bits per heavy atom. The molecule has 1 fully saturated rings. The molecule has 76 valence electrons. The predicted octanol–water partition coefficient (Wildman–Crippen LogP) is 2.52. The zero-order chi connectivity index (χ0) is 10.8. The maximum Gasteiger partial charge on any atom is 0.289 e. The second kappa shape index (κ2) is 4.04. The van der Waals surface area contributed by atoms with Crippen LogP contribution in [0.1, 0.15) is 5.56 Å². The van der Waals surface area contributed by atoms with Gasteiger partial charge in [0.2, 0.25) is 0 Å². The normalized spacial score (nSPS) is 18.3. The maximum atomic E-state index is 11.0. The standard InChI is InChI=1S/C10H7NO2S2/c12-7-3-1-2-6(4-7)5-8-9(14)11-10(13)15-8/h1-5,12H,(H,11,13,14)/b8-5-. The summed E-state index contributed by atoms with van der Waals surface area (Å²) in [5.74, 6) is 0.192. The average molecular weight is 237 g/mol. The summed E-state index contributed by atoms with van der Waals surface area (Å²) < 4.78 is 0. The Kier molecular flexibility index (Phi) is 2.75. The predicted molar refractivity (Wildman–Crippen MR) is 64.8 cm³/mol. The van der Waals surface area contributed by atoms with Crippen LogP contribution in [0.15, 0.2) is 29.2 Å². The molecule has 0 aromatic heterocycles. The van der Waals surface area contributed by atoms with Crippen molar-refractivity contribution < 1.29 is 9.90 Å². The molecule has 3 nitrogen and oxygen atoms in total. The van der Waals surface area contributed by atoms with Gasteiger partial charge in [-0.3, -0.25) is 4.79 Å². The Bertz CT molecular complexity index is 468. The van der Waals surface area contributed by atoms with E-state index in [1.165, 1.54) is 0 Å². The Labute approximate surface area is 96.2 Å². The summed E-state index contributed by atoms with van der Waals surface area (Å²) in [5, 5.41) is 11.6. The number of carbonyl (C=O) groups is 1. The monoisotopic (exact) mass is 237 g/mol. The van der Waals surface area contributed by atoms with Crippen molar-refractivity contribution >= 4 is 40.3 Å². The minimum absolute atomic E-state index is 0.161. The maximum absolute atomic E-state index is 11.0. The van der Waals surface area contributed by atoms with Crippen molar-refractivity contribution in [1.29, 1.82) is 0 Å². The lowest BCUT2D eigenvalue weighted by molar-refractivity contribution is 0.265. The lowest BCUT2D eigenvalue weighted by atomic mass is 10.2. The first-order valence-corrected chi connectivity index (χ1v) is 5.41. The minimum Gasteiger partial charge on any atom is -0.508 e. The van der Waals surface area contributed by atoms with Gasteiger partial charge in [0, 0.05) is 0 Å². The van der Waals surface area contributed by atoms with Crippen molar-refractivity contribution in [2.24, 2.45) is 0 Å². The van der Waals surface area contributed by atoms with Crippen molar-refractivity contribution in [3.05, 3.63) is 34.7 Å². The molecule has 2 rings (SSSR count). The van der Waals surface area contributed by atoms with Crippen molar-refractivity contribution in [3.8, 4) is 5.75 Å². The van der Waals surface area contributed by atoms with Crippen LogP contribution in [0.3, 0.4) is 0 Å². The molecular weight excluding hydrogens is 230 g/mol. The van der Waals surface area contributed by atoms with Gasteiger partial charge in [0.1, 0.15) is 10.7 Å². The molecule has 15 heavy (non-hydrogen) atoms. The summed E-state index contributed by atoms with van der Waals surface area (Å²) in [6, 6.07) is 6.77.